The van der Waals surface area contributed by atoms with Crippen LogP contribution in [0.2, 0.25) is 0 Å². The average molecular weight is 497 g/mol. The Morgan fingerprint density at radius 2 is 1.75 bits per heavy atom. The van der Waals surface area contributed by atoms with Gasteiger partial charge in [-0.15, -0.1) is 0 Å². The molecule has 0 spiro atoms. The first-order valence-electron chi connectivity index (χ1n) is 12.0. The third-order valence-corrected chi connectivity index (χ3v) is 6.70. The van der Waals surface area contributed by atoms with Gasteiger partial charge in [0.25, 0.3) is 11.7 Å². The molecular weight excluding hydrogens is 464 g/mol. The summed E-state index contributed by atoms with van der Waals surface area (Å²) in [5, 5.41) is 21.4. The largest absolute Gasteiger partial charge is 0.507 e. The molecule has 9 heteroatoms. The van der Waals surface area contributed by atoms with Crippen molar-refractivity contribution in [1.82, 2.24) is 9.80 Å². The van der Waals surface area contributed by atoms with Crippen LogP contribution in [0.5, 0.6) is 17.2 Å². The first-order chi connectivity index (χ1) is 17.3. The predicted molar refractivity (Wildman–Crippen MR) is 133 cm³/mol. The molecule has 36 heavy (non-hydrogen) atoms. The number of aryl methyl sites for hydroxylation is 1. The van der Waals surface area contributed by atoms with Gasteiger partial charge in [-0.3, -0.25) is 14.5 Å². The maximum absolute atomic E-state index is 13.3. The van der Waals surface area contributed by atoms with E-state index in [0.717, 1.165) is 25.2 Å². The second-order valence-corrected chi connectivity index (χ2v) is 8.92. The van der Waals surface area contributed by atoms with Crippen molar-refractivity contribution >= 4 is 17.4 Å². The number of ketones is 1. The molecule has 2 heterocycles. The number of methoxy groups -OCH3 is 2. The van der Waals surface area contributed by atoms with Crippen LogP contribution < -0.4 is 9.47 Å². The van der Waals surface area contributed by atoms with E-state index in [1.807, 2.05) is 6.92 Å². The number of carbonyl (C=O) groups excluding carboxylic acids is 2. The number of hydrogen-bond acceptors (Lipinski definition) is 8. The van der Waals surface area contributed by atoms with Crippen LogP contribution in [-0.4, -0.2) is 85.3 Å². The minimum Gasteiger partial charge on any atom is -0.507 e. The van der Waals surface area contributed by atoms with E-state index in [1.54, 1.807) is 37.4 Å². The Labute approximate surface area is 210 Å². The highest BCUT2D eigenvalue weighted by atomic mass is 16.5. The molecule has 2 aromatic rings. The van der Waals surface area contributed by atoms with Crippen molar-refractivity contribution in [2.45, 2.75) is 19.4 Å². The Bertz CT molecular complexity index is 1170. The Balaban J connectivity index is 1.73. The molecule has 1 amide bonds. The number of hydrogen-bond donors (Lipinski definition) is 2. The number of Topliss-reactive ketones (excluding diaryl/α,β-unsaturated/α-hetero) is 1. The van der Waals surface area contributed by atoms with E-state index in [0.29, 0.717) is 43.1 Å². The van der Waals surface area contributed by atoms with Crippen LogP contribution >= 0.6 is 0 Å². The number of nitrogens with zero attached hydrogens (tertiary/aromatic N) is 2. The molecule has 2 aromatic carbocycles. The number of morpholine rings is 1. The van der Waals surface area contributed by atoms with Crippen molar-refractivity contribution in [2.75, 3.05) is 53.6 Å². The van der Waals surface area contributed by atoms with Crippen LogP contribution in [0.25, 0.3) is 5.76 Å². The monoisotopic (exact) mass is 496 g/mol. The average Bonchev–Trinajstić information content (AvgIpc) is 3.14. The minimum absolute atomic E-state index is 0.00341. The molecular formula is C27H32N2O7. The van der Waals surface area contributed by atoms with Gasteiger partial charge in [-0.25, -0.2) is 0 Å². The highest BCUT2D eigenvalue weighted by Gasteiger charge is 2.46. The van der Waals surface area contributed by atoms with E-state index in [2.05, 4.69) is 4.90 Å². The number of aromatic hydroxyl groups is 1. The number of benzene rings is 2. The number of amides is 1. The van der Waals surface area contributed by atoms with Gasteiger partial charge in [0.2, 0.25) is 0 Å². The maximum atomic E-state index is 13.3. The van der Waals surface area contributed by atoms with E-state index in [1.165, 1.54) is 18.1 Å². The van der Waals surface area contributed by atoms with Crippen molar-refractivity contribution in [3.8, 4) is 17.2 Å². The molecule has 0 aliphatic carbocycles. The fraction of sp³-hybridized carbons (Fsp3) is 0.407. The number of ether oxygens (including phenoxy) is 3. The predicted octanol–water partition coefficient (Wildman–Crippen LogP) is 2.86. The molecule has 4 rings (SSSR count). The first-order valence-corrected chi connectivity index (χ1v) is 12.0. The van der Waals surface area contributed by atoms with Gasteiger partial charge in [-0.2, -0.15) is 0 Å². The molecule has 0 aromatic heterocycles. The van der Waals surface area contributed by atoms with Crippen molar-refractivity contribution in [2.24, 2.45) is 0 Å². The molecule has 0 saturated carbocycles. The molecule has 2 fully saturated rings. The zero-order valence-corrected chi connectivity index (χ0v) is 20.8. The second kappa shape index (κ2) is 11.0. The van der Waals surface area contributed by atoms with Gasteiger partial charge in [0.05, 0.1) is 39.0 Å². The molecule has 0 unspecified atom stereocenters. The van der Waals surface area contributed by atoms with E-state index < -0.39 is 17.7 Å². The van der Waals surface area contributed by atoms with Gasteiger partial charge < -0.3 is 29.3 Å². The molecule has 1 atom stereocenters. The summed E-state index contributed by atoms with van der Waals surface area (Å²) in [5.74, 6) is -0.866. The fourth-order valence-corrected chi connectivity index (χ4v) is 4.79. The Hall–Kier alpha value is -3.56. The first kappa shape index (κ1) is 25.5. The van der Waals surface area contributed by atoms with Crippen LogP contribution in [0.3, 0.4) is 0 Å². The number of carbonyl (C=O) groups is 2. The highest BCUT2D eigenvalue weighted by molar-refractivity contribution is 6.46. The summed E-state index contributed by atoms with van der Waals surface area (Å²) in [4.78, 5) is 30.2. The summed E-state index contributed by atoms with van der Waals surface area (Å²) in [6, 6.07) is 8.94. The van der Waals surface area contributed by atoms with Crippen LogP contribution in [0.1, 0.15) is 29.2 Å². The molecule has 2 N–H and O–H groups in total. The molecule has 9 nitrogen and oxygen atoms in total. The minimum atomic E-state index is -0.827. The van der Waals surface area contributed by atoms with Crippen LogP contribution in [-0.2, 0) is 14.3 Å². The van der Waals surface area contributed by atoms with Gasteiger partial charge in [0, 0.05) is 31.7 Å². The Kier molecular flexibility index (Phi) is 7.81. The topological polar surface area (TPSA) is 109 Å². The molecule has 192 valence electrons. The number of rotatable bonds is 8. The SMILES string of the molecule is COc1ccc(/C(O)=C2\C(=O)C(=O)N(CCCN3CCOCC3)[C@H]2c2ccc(O)c(OC)c2)cc1C. The number of aliphatic hydroxyl groups is 1. The molecule has 0 bridgehead atoms. The Morgan fingerprint density at radius 3 is 2.42 bits per heavy atom. The number of phenolic OH excluding ortho intramolecular Hbond substituents is 1. The van der Waals surface area contributed by atoms with Crippen LogP contribution in [0, 0.1) is 6.92 Å². The Morgan fingerprint density at radius 1 is 1.03 bits per heavy atom. The maximum Gasteiger partial charge on any atom is 0.295 e. The van der Waals surface area contributed by atoms with E-state index in [-0.39, 0.29) is 22.8 Å². The van der Waals surface area contributed by atoms with Gasteiger partial charge >= 0.3 is 0 Å². The summed E-state index contributed by atoms with van der Waals surface area (Å²) in [6.45, 7) is 5.94. The van der Waals surface area contributed by atoms with Crippen LogP contribution in [0.15, 0.2) is 42.0 Å². The normalized spacial score (nSPS) is 20.1. The second-order valence-electron chi connectivity index (χ2n) is 8.92. The van der Waals surface area contributed by atoms with E-state index in [9.17, 15) is 19.8 Å². The molecule has 2 saturated heterocycles. The quantitative estimate of drug-likeness (QED) is 0.326. The zero-order chi connectivity index (χ0) is 25.8. The number of likely N-dealkylation sites (tertiary alicyclic amines) is 1. The highest BCUT2D eigenvalue weighted by Crippen LogP contribution is 2.42. The lowest BCUT2D eigenvalue weighted by molar-refractivity contribution is -0.140. The zero-order valence-electron chi connectivity index (χ0n) is 20.8. The summed E-state index contributed by atoms with van der Waals surface area (Å²) < 4.78 is 16.0. The van der Waals surface area contributed by atoms with Gasteiger partial charge in [-0.1, -0.05) is 6.07 Å². The number of phenols is 1. The summed E-state index contributed by atoms with van der Waals surface area (Å²) in [5.41, 5.74) is 1.75. The summed E-state index contributed by atoms with van der Waals surface area (Å²) >= 11 is 0. The van der Waals surface area contributed by atoms with E-state index >= 15 is 0 Å². The molecule has 2 aliphatic heterocycles. The van der Waals surface area contributed by atoms with Gasteiger partial charge in [0.1, 0.15) is 11.5 Å². The van der Waals surface area contributed by atoms with Crippen LogP contribution in [0.4, 0.5) is 0 Å². The van der Waals surface area contributed by atoms with Crippen molar-refractivity contribution in [1.29, 1.82) is 0 Å². The van der Waals surface area contributed by atoms with Gasteiger partial charge in [-0.05, 0) is 54.8 Å². The van der Waals surface area contributed by atoms with E-state index in [4.69, 9.17) is 14.2 Å². The summed E-state index contributed by atoms with van der Waals surface area (Å²) in [6.07, 6.45) is 0.653. The molecule has 0 radical (unpaired) electrons. The third kappa shape index (κ3) is 5.03. The molecule has 2 aliphatic rings. The smallest absolute Gasteiger partial charge is 0.295 e. The van der Waals surface area contributed by atoms with Crippen molar-refractivity contribution < 1.29 is 34.0 Å². The van der Waals surface area contributed by atoms with Crippen molar-refractivity contribution in [3.63, 3.8) is 0 Å². The third-order valence-electron chi connectivity index (χ3n) is 6.70. The lowest BCUT2D eigenvalue weighted by atomic mass is 9.94. The lowest BCUT2D eigenvalue weighted by Crippen LogP contribution is -2.38. The summed E-state index contributed by atoms with van der Waals surface area (Å²) in [7, 11) is 2.99. The lowest BCUT2D eigenvalue weighted by Gasteiger charge is -2.29. The fourth-order valence-electron chi connectivity index (χ4n) is 4.79. The number of aliphatic hydroxyl groups excluding tert-OH is 1. The standard InChI is InChI=1S/C27H32N2O7/c1-17-15-19(6-8-21(17)34-2)25(31)23-24(18-5-7-20(30)22(16-18)35-3)29(27(33)26(23)32)10-4-9-28-11-13-36-14-12-28/h5-8,15-16,24,30-31H,4,9-14H2,1-3H3/b25-23+/t24-/m0/s1. The van der Waals surface area contributed by atoms with Crippen molar-refractivity contribution in [3.05, 3.63) is 58.7 Å². The van der Waals surface area contributed by atoms with Gasteiger partial charge in [0.15, 0.2) is 11.5 Å².